The molecule has 2 unspecified atom stereocenters. The first kappa shape index (κ1) is 10.7. The average molecular weight is 203 g/mol. The molecule has 1 aromatic rings. The molecule has 0 radical (unpaired) electrons. The molecule has 1 nitrogen and oxygen atoms in total. The summed E-state index contributed by atoms with van der Waals surface area (Å²) in [6.45, 7) is 2.33. The van der Waals surface area contributed by atoms with E-state index in [0.29, 0.717) is 0 Å². The highest BCUT2D eigenvalue weighted by molar-refractivity contribution is 5.18. The van der Waals surface area contributed by atoms with E-state index in [2.05, 4.69) is 37.3 Å². The molecule has 0 saturated heterocycles. The van der Waals surface area contributed by atoms with E-state index < -0.39 is 0 Å². The van der Waals surface area contributed by atoms with Crippen molar-refractivity contribution in [2.45, 2.75) is 44.6 Å². The van der Waals surface area contributed by atoms with Crippen molar-refractivity contribution in [1.29, 1.82) is 0 Å². The van der Waals surface area contributed by atoms with Crippen molar-refractivity contribution < 1.29 is 0 Å². The molecule has 0 bridgehead atoms. The molecule has 1 aliphatic rings. The summed E-state index contributed by atoms with van der Waals surface area (Å²) in [5.74, 6) is 0.799. The van der Waals surface area contributed by atoms with Gasteiger partial charge in [0.1, 0.15) is 0 Å². The minimum absolute atomic E-state index is 0.0546. The molecule has 0 aliphatic heterocycles. The molecule has 0 spiro atoms. The van der Waals surface area contributed by atoms with Crippen LogP contribution in [0, 0.1) is 5.92 Å². The number of hydrogen-bond acceptors (Lipinski definition) is 1. The Morgan fingerprint density at radius 3 is 2.73 bits per heavy atom. The summed E-state index contributed by atoms with van der Waals surface area (Å²) in [4.78, 5) is 0. The van der Waals surface area contributed by atoms with Crippen molar-refractivity contribution in [1.82, 2.24) is 0 Å². The van der Waals surface area contributed by atoms with Gasteiger partial charge in [-0.25, -0.2) is 0 Å². The predicted molar refractivity (Wildman–Crippen MR) is 64.7 cm³/mol. The SMILES string of the molecule is CC1CCCC(N)(Cc2ccccc2)C1. The molecule has 0 heterocycles. The van der Waals surface area contributed by atoms with Crippen LogP contribution in [0.5, 0.6) is 0 Å². The van der Waals surface area contributed by atoms with Gasteiger partial charge in [0.15, 0.2) is 0 Å². The third-order valence-electron chi connectivity index (χ3n) is 3.53. The predicted octanol–water partition coefficient (Wildman–Crippen LogP) is 3.14. The van der Waals surface area contributed by atoms with Gasteiger partial charge in [-0.15, -0.1) is 0 Å². The van der Waals surface area contributed by atoms with E-state index in [1.165, 1.54) is 31.2 Å². The number of nitrogens with two attached hydrogens (primary N) is 1. The summed E-state index contributed by atoms with van der Waals surface area (Å²) >= 11 is 0. The van der Waals surface area contributed by atoms with Crippen molar-refractivity contribution in [3.05, 3.63) is 35.9 Å². The number of hydrogen-bond donors (Lipinski definition) is 1. The van der Waals surface area contributed by atoms with Crippen LogP contribution in [-0.2, 0) is 6.42 Å². The molecule has 2 rings (SSSR count). The van der Waals surface area contributed by atoms with Gasteiger partial charge in [0.05, 0.1) is 0 Å². The van der Waals surface area contributed by atoms with Crippen molar-refractivity contribution in [3.63, 3.8) is 0 Å². The third kappa shape index (κ3) is 2.82. The van der Waals surface area contributed by atoms with Crippen molar-refractivity contribution in [3.8, 4) is 0 Å². The van der Waals surface area contributed by atoms with Crippen LogP contribution in [0.3, 0.4) is 0 Å². The maximum atomic E-state index is 6.48. The van der Waals surface area contributed by atoms with Gasteiger partial charge in [-0.2, -0.15) is 0 Å². The minimum Gasteiger partial charge on any atom is -0.325 e. The Labute approximate surface area is 92.7 Å². The fourth-order valence-corrected chi connectivity index (χ4v) is 2.86. The van der Waals surface area contributed by atoms with E-state index in [4.69, 9.17) is 5.73 Å². The molecule has 15 heavy (non-hydrogen) atoms. The number of rotatable bonds is 2. The Balaban J connectivity index is 2.04. The van der Waals surface area contributed by atoms with Crippen LogP contribution in [0.2, 0.25) is 0 Å². The van der Waals surface area contributed by atoms with Crippen molar-refractivity contribution in [2.24, 2.45) is 11.7 Å². The minimum atomic E-state index is 0.0546. The third-order valence-corrected chi connectivity index (χ3v) is 3.53. The van der Waals surface area contributed by atoms with E-state index in [9.17, 15) is 0 Å². The normalized spacial score (nSPS) is 31.5. The zero-order valence-electron chi connectivity index (χ0n) is 9.58. The summed E-state index contributed by atoms with van der Waals surface area (Å²) in [5, 5.41) is 0. The first-order valence-corrected chi connectivity index (χ1v) is 6.01. The average Bonchev–Trinajstić information content (AvgIpc) is 2.18. The van der Waals surface area contributed by atoms with Gasteiger partial charge >= 0.3 is 0 Å². The van der Waals surface area contributed by atoms with Gasteiger partial charge in [-0.05, 0) is 30.7 Å². The highest BCUT2D eigenvalue weighted by Gasteiger charge is 2.30. The Kier molecular flexibility index (Phi) is 3.11. The second-order valence-corrected chi connectivity index (χ2v) is 5.23. The molecule has 1 saturated carbocycles. The zero-order chi connectivity index (χ0) is 10.7. The lowest BCUT2D eigenvalue weighted by atomic mass is 9.74. The molecule has 1 aliphatic carbocycles. The van der Waals surface area contributed by atoms with Gasteiger partial charge in [0.2, 0.25) is 0 Å². The van der Waals surface area contributed by atoms with Crippen LogP contribution >= 0.6 is 0 Å². The summed E-state index contributed by atoms with van der Waals surface area (Å²) < 4.78 is 0. The zero-order valence-corrected chi connectivity index (χ0v) is 9.58. The van der Waals surface area contributed by atoms with Crippen LogP contribution in [-0.4, -0.2) is 5.54 Å². The lowest BCUT2D eigenvalue weighted by Gasteiger charge is -2.37. The summed E-state index contributed by atoms with van der Waals surface area (Å²) in [6.07, 6.45) is 6.06. The summed E-state index contributed by atoms with van der Waals surface area (Å²) in [7, 11) is 0. The summed E-state index contributed by atoms with van der Waals surface area (Å²) in [6, 6.07) is 10.6. The second kappa shape index (κ2) is 4.36. The van der Waals surface area contributed by atoms with E-state index in [1.54, 1.807) is 0 Å². The maximum Gasteiger partial charge on any atom is 0.0197 e. The lowest BCUT2D eigenvalue weighted by Crippen LogP contribution is -2.45. The smallest absolute Gasteiger partial charge is 0.0197 e. The molecule has 82 valence electrons. The quantitative estimate of drug-likeness (QED) is 0.785. The van der Waals surface area contributed by atoms with Crippen molar-refractivity contribution >= 4 is 0 Å². The first-order chi connectivity index (χ1) is 7.18. The Morgan fingerprint density at radius 2 is 2.07 bits per heavy atom. The van der Waals surface area contributed by atoms with Crippen LogP contribution in [0.15, 0.2) is 30.3 Å². The van der Waals surface area contributed by atoms with E-state index in [0.717, 1.165) is 12.3 Å². The molecule has 2 N–H and O–H groups in total. The molecule has 0 amide bonds. The molecule has 2 atom stereocenters. The van der Waals surface area contributed by atoms with Crippen LogP contribution in [0.4, 0.5) is 0 Å². The maximum absolute atomic E-state index is 6.48. The summed E-state index contributed by atoms with van der Waals surface area (Å²) in [5.41, 5.74) is 7.92. The van der Waals surface area contributed by atoms with Crippen LogP contribution in [0.25, 0.3) is 0 Å². The standard InChI is InChI=1S/C14H21N/c1-12-6-5-9-14(15,10-12)11-13-7-3-2-4-8-13/h2-4,7-8,12H,5-6,9-11,15H2,1H3. The molecular formula is C14H21N. The molecule has 1 aromatic carbocycles. The Hall–Kier alpha value is -0.820. The fraction of sp³-hybridized carbons (Fsp3) is 0.571. The van der Waals surface area contributed by atoms with Crippen molar-refractivity contribution in [2.75, 3.05) is 0 Å². The largest absolute Gasteiger partial charge is 0.325 e. The highest BCUT2D eigenvalue weighted by atomic mass is 14.7. The second-order valence-electron chi connectivity index (χ2n) is 5.23. The molecule has 0 aromatic heterocycles. The molecular weight excluding hydrogens is 182 g/mol. The van der Waals surface area contributed by atoms with Crippen LogP contribution < -0.4 is 5.73 Å². The first-order valence-electron chi connectivity index (χ1n) is 6.01. The highest BCUT2D eigenvalue weighted by Crippen LogP contribution is 2.32. The molecule has 1 fully saturated rings. The van der Waals surface area contributed by atoms with E-state index in [1.807, 2.05) is 0 Å². The Morgan fingerprint density at radius 1 is 1.33 bits per heavy atom. The van der Waals surface area contributed by atoms with Gasteiger partial charge in [0, 0.05) is 5.54 Å². The van der Waals surface area contributed by atoms with E-state index in [-0.39, 0.29) is 5.54 Å². The Bertz CT molecular complexity index is 306. The number of benzene rings is 1. The fourth-order valence-electron chi connectivity index (χ4n) is 2.86. The van der Waals surface area contributed by atoms with Gasteiger partial charge < -0.3 is 5.73 Å². The molecule has 1 heteroatoms. The monoisotopic (exact) mass is 203 g/mol. The van der Waals surface area contributed by atoms with Gasteiger partial charge in [0.25, 0.3) is 0 Å². The van der Waals surface area contributed by atoms with Gasteiger partial charge in [-0.3, -0.25) is 0 Å². The van der Waals surface area contributed by atoms with Gasteiger partial charge in [-0.1, -0.05) is 50.1 Å². The van der Waals surface area contributed by atoms with E-state index >= 15 is 0 Å². The lowest BCUT2D eigenvalue weighted by molar-refractivity contribution is 0.235. The topological polar surface area (TPSA) is 26.0 Å². The van der Waals surface area contributed by atoms with Crippen LogP contribution in [0.1, 0.15) is 38.2 Å².